The highest BCUT2D eigenvalue weighted by Crippen LogP contribution is 2.12. The van der Waals surface area contributed by atoms with Gasteiger partial charge in [-0.2, -0.15) is 0 Å². The van der Waals surface area contributed by atoms with Gasteiger partial charge in [0.25, 0.3) is 0 Å². The Bertz CT molecular complexity index is 339. The lowest BCUT2D eigenvalue weighted by atomic mass is 9.99. The third-order valence-corrected chi connectivity index (χ3v) is 2.89. The van der Waals surface area contributed by atoms with Crippen molar-refractivity contribution in [3.63, 3.8) is 0 Å². The Morgan fingerprint density at radius 3 is 2.41 bits per heavy atom. The molecule has 1 N–H and O–H groups in total. The second kappa shape index (κ2) is 5.82. The van der Waals surface area contributed by atoms with E-state index in [4.69, 9.17) is 0 Å². The molecular formula is C14H22N2O. The molecule has 0 aromatic carbocycles. The minimum atomic E-state index is -0.406. The van der Waals surface area contributed by atoms with Crippen molar-refractivity contribution in [1.82, 2.24) is 10.2 Å². The third-order valence-electron chi connectivity index (χ3n) is 2.89. The summed E-state index contributed by atoms with van der Waals surface area (Å²) in [6.45, 7) is 9.47. The van der Waals surface area contributed by atoms with E-state index in [-0.39, 0.29) is 5.91 Å². The van der Waals surface area contributed by atoms with Gasteiger partial charge in [0, 0.05) is 18.7 Å². The molecule has 0 saturated heterocycles. The Labute approximate surface area is 104 Å². The van der Waals surface area contributed by atoms with Gasteiger partial charge in [-0.1, -0.05) is 37.8 Å². The zero-order chi connectivity index (χ0) is 12.9. The first-order chi connectivity index (χ1) is 7.97. The van der Waals surface area contributed by atoms with Crippen LogP contribution >= 0.6 is 0 Å². The molecule has 3 heteroatoms. The highest BCUT2D eigenvalue weighted by Gasteiger charge is 2.21. The maximum Gasteiger partial charge on any atom is 0.247 e. The van der Waals surface area contributed by atoms with E-state index in [0.29, 0.717) is 12.0 Å². The van der Waals surface area contributed by atoms with E-state index < -0.39 is 5.54 Å². The summed E-state index contributed by atoms with van der Waals surface area (Å²) in [6, 6.07) is 0. The summed E-state index contributed by atoms with van der Waals surface area (Å²) in [7, 11) is 2.06. The smallest absolute Gasteiger partial charge is 0.247 e. The fourth-order valence-corrected chi connectivity index (χ4v) is 1.66. The van der Waals surface area contributed by atoms with E-state index >= 15 is 0 Å². The summed E-state index contributed by atoms with van der Waals surface area (Å²) in [5, 5.41) is 3.00. The first kappa shape index (κ1) is 13.7. The second-order valence-corrected chi connectivity index (χ2v) is 4.72. The molecule has 0 aromatic heterocycles. The van der Waals surface area contributed by atoms with Crippen molar-refractivity contribution in [1.29, 1.82) is 0 Å². The van der Waals surface area contributed by atoms with E-state index in [0.717, 1.165) is 13.1 Å². The average molecular weight is 234 g/mol. The molecule has 17 heavy (non-hydrogen) atoms. The van der Waals surface area contributed by atoms with Crippen molar-refractivity contribution in [2.45, 2.75) is 25.8 Å². The Hall–Kier alpha value is -1.35. The lowest BCUT2D eigenvalue weighted by Gasteiger charge is -2.27. The zero-order valence-electron chi connectivity index (χ0n) is 11.0. The molecule has 1 aliphatic rings. The van der Waals surface area contributed by atoms with Gasteiger partial charge in [0.15, 0.2) is 0 Å². The van der Waals surface area contributed by atoms with Gasteiger partial charge in [-0.25, -0.2) is 0 Å². The van der Waals surface area contributed by atoms with Crippen molar-refractivity contribution in [2.24, 2.45) is 0 Å². The summed E-state index contributed by atoms with van der Waals surface area (Å²) < 4.78 is 0. The van der Waals surface area contributed by atoms with Crippen molar-refractivity contribution in [3.8, 4) is 0 Å². The largest absolute Gasteiger partial charge is 0.340 e. The Kier molecular flexibility index (Phi) is 4.70. The summed E-state index contributed by atoms with van der Waals surface area (Å²) in [5.41, 5.74) is 0.211. The van der Waals surface area contributed by atoms with Gasteiger partial charge < -0.3 is 5.32 Å². The lowest BCUT2D eigenvalue weighted by Crippen LogP contribution is -2.44. The SMILES string of the molecule is C=C(CC)C(=O)NC1(C)/C=C\CN(C)C/C=C\1. The highest BCUT2D eigenvalue weighted by molar-refractivity contribution is 5.93. The quantitative estimate of drug-likeness (QED) is 0.597. The molecule has 0 radical (unpaired) electrons. The highest BCUT2D eigenvalue weighted by atomic mass is 16.1. The fraction of sp³-hybridized carbons (Fsp3) is 0.500. The molecule has 0 spiro atoms. The monoisotopic (exact) mass is 234 g/mol. The van der Waals surface area contributed by atoms with Crippen LogP contribution in [0.1, 0.15) is 20.3 Å². The fourth-order valence-electron chi connectivity index (χ4n) is 1.66. The Morgan fingerprint density at radius 2 is 1.94 bits per heavy atom. The number of hydrogen-bond acceptors (Lipinski definition) is 2. The third kappa shape index (κ3) is 4.19. The number of rotatable bonds is 3. The minimum absolute atomic E-state index is 0.0711. The van der Waals surface area contributed by atoms with E-state index in [1.54, 1.807) is 0 Å². The van der Waals surface area contributed by atoms with Crippen LogP contribution in [0.2, 0.25) is 0 Å². The summed E-state index contributed by atoms with van der Waals surface area (Å²) >= 11 is 0. The van der Waals surface area contributed by atoms with Crippen LogP contribution < -0.4 is 5.32 Å². The van der Waals surface area contributed by atoms with E-state index in [1.807, 2.05) is 26.0 Å². The average Bonchev–Trinajstić information content (AvgIpc) is 2.25. The van der Waals surface area contributed by atoms with Gasteiger partial charge in [-0.3, -0.25) is 9.69 Å². The standard InChI is InChI=1S/C14H22N2O/c1-5-12(2)13(17)15-14(3)8-6-10-16(4)11-7-9-14/h6-9H,2,5,10-11H2,1,3-4H3,(H,15,17)/b8-6-,9-7-. The molecule has 0 fully saturated rings. The Morgan fingerprint density at radius 1 is 1.41 bits per heavy atom. The summed E-state index contributed by atoms with van der Waals surface area (Å²) in [4.78, 5) is 14.0. The summed E-state index contributed by atoms with van der Waals surface area (Å²) in [5.74, 6) is -0.0711. The number of carbonyl (C=O) groups is 1. The van der Waals surface area contributed by atoms with E-state index in [9.17, 15) is 4.79 Å². The van der Waals surface area contributed by atoms with Crippen LogP contribution in [0.3, 0.4) is 0 Å². The number of hydrogen-bond donors (Lipinski definition) is 1. The van der Waals surface area contributed by atoms with Crippen LogP contribution in [-0.2, 0) is 4.79 Å². The van der Waals surface area contributed by atoms with Crippen LogP contribution in [0.4, 0.5) is 0 Å². The summed E-state index contributed by atoms with van der Waals surface area (Å²) in [6.07, 6.45) is 8.90. The molecule has 0 aromatic rings. The van der Waals surface area contributed by atoms with Crippen LogP contribution in [0.15, 0.2) is 36.5 Å². The number of carbonyl (C=O) groups excluding carboxylic acids is 1. The molecule has 3 nitrogen and oxygen atoms in total. The maximum atomic E-state index is 11.8. The zero-order valence-corrected chi connectivity index (χ0v) is 11.0. The van der Waals surface area contributed by atoms with Gasteiger partial charge in [-0.05, 0) is 20.4 Å². The minimum Gasteiger partial charge on any atom is -0.340 e. The molecule has 94 valence electrons. The van der Waals surface area contributed by atoms with Gasteiger partial charge >= 0.3 is 0 Å². The molecule has 0 bridgehead atoms. The van der Waals surface area contributed by atoms with E-state index in [2.05, 4.69) is 36.0 Å². The van der Waals surface area contributed by atoms with Gasteiger partial charge in [0.2, 0.25) is 5.91 Å². The van der Waals surface area contributed by atoms with Gasteiger partial charge in [0.05, 0.1) is 5.54 Å². The number of nitrogens with one attached hydrogen (secondary N) is 1. The molecule has 0 unspecified atom stereocenters. The molecule has 1 aliphatic heterocycles. The van der Waals surface area contributed by atoms with Crippen LogP contribution in [-0.4, -0.2) is 36.5 Å². The van der Waals surface area contributed by atoms with Crippen molar-refractivity contribution in [3.05, 3.63) is 36.5 Å². The van der Waals surface area contributed by atoms with Crippen molar-refractivity contribution < 1.29 is 4.79 Å². The number of nitrogens with zero attached hydrogens (tertiary/aromatic N) is 1. The van der Waals surface area contributed by atoms with Gasteiger partial charge in [0.1, 0.15) is 0 Å². The van der Waals surface area contributed by atoms with Crippen LogP contribution in [0, 0.1) is 0 Å². The predicted octanol–water partition coefficient (Wildman–Crippen LogP) is 1.89. The first-order valence-corrected chi connectivity index (χ1v) is 6.01. The molecule has 0 saturated carbocycles. The molecule has 1 amide bonds. The number of amides is 1. The molecule has 0 aliphatic carbocycles. The first-order valence-electron chi connectivity index (χ1n) is 6.01. The van der Waals surface area contributed by atoms with Crippen molar-refractivity contribution >= 4 is 5.91 Å². The molecule has 1 rings (SSSR count). The topological polar surface area (TPSA) is 32.3 Å². The van der Waals surface area contributed by atoms with E-state index in [1.165, 1.54) is 0 Å². The van der Waals surface area contributed by atoms with Crippen molar-refractivity contribution in [2.75, 3.05) is 20.1 Å². The normalized spacial score (nSPS) is 23.2. The second-order valence-electron chi connectivity index (χ2n) is 4.72. The lowest BCUT2D eigenvalue weighted by molar-refractivity contribution is -0.118. The predicted molar refractivity (Wildman–Crippen MR) is 71.8 cm³/mol. The number of likely N-dealkylation sites (N-methyl/N-ethyl adjacent to an activating group) is 1. The van der Waals surface area contributed by atoms with Crippen LogP contribution in [0.5, 0.6) is 0 Å². The Balaban J connectivity index is 2.73. The molecular weight excluding hydrogens is 212 g/mol. The molecule has 1 heterocycles. The maximum absolute atomic E-state index is 11.8. The molecule has 0 atom stereocenters. The van der Waals surface area contributed by atoms with Gasteiger partial charge in [-0.15, -0.1) is 0 Å². The van der Waals surface area contributed by atoms with Crippen LogP contribution in [0.25, 0.3) is 0 Å².